The number of nitrogens with one attached hydrogen (secondary N) is 2. The Morgan fingerprint density at radius 1 is 1.17 bits per heavy atom. The number of amides is 1. The summed E-state index contributed by atoms with van der Waals surface area (Å²) in [5.41, 5.74) is 2.11. The maximum absolute atomic E-state index is 12.5. The van der Waals surface area contributed by atoms with Gasteiger partial charge >= 0.3 is 0 Å². The molecule has 2 N–H and O–H groups in total. The summed E-state index contributed by atoms with van der Waals surface area (Å²) in [4.78, 5) is 17.2. The quantitative estimate of drug-likeness (QED) is 0.902. The molecule has 24 heavy (non-hydrogen) atoms. The molecule has 2 heterocycles. The molecule has 4 rings (SSSR count). The SMILES string of the molecule is O=C(CC1CCCN1)Nc1nc2ccccc2n1C1CCCCC1. The maximum Gasteiger partial charge on any atom is 0.228 e. The van der Waals surface area contributed by atoms with Crippen molar-refractivity contribution in [3.8, 4) is 0 Å². The van der Waals surface area contributed by atoms with Gasteiger partial charge in [-0.15, -0.1) is 0 Å². The lowest BCUT2D eigenvalue weighted by atomic mass is 9.95. The normalized spacial score (nSPS) is 22.1. The van der Waals surface area contributed by atoms with Gasteiger partial charge in [0, 0.05) is 18.5 Å². The molecule has 0 radical (unpaired) electrons. The van der Waals surface area contributed by atoms with E-state index in [9.17, 15) is 4.79 Å². The topological polar surface area (TPSA) is 59.0 Å². The van der Waals surface area contributed by atoms with Crippen LogP contribution in [0.4, 0.5) is 5.95 Å². The van der Waals surface area contributed by atoms with Crippen LogP contribution in [0.3, 0.4) is 0 Å². The average molecular weight is 326 g/mol. The zero-order valence-electron chi connectivity index (χ0n) is 14.1. The van der Waals surface area contributed by atoms with Gasteiger partial charge in [-0.25, -0.2) is 4.98 Å². The Hall–Kier alpha value is -1.88. The molecule has 1 aliphatic carbocycles. The Morgan fingerprint density at radius 3 is 2.79 bits per heavy atom. The van der Waals surface area contributed by atoms with Crippen molar-refractivity contribution in [2.75, 3.05) is 11.9 Å². The molecule has 1 unspecified atom stereocenters. The molecule has 1 aromatic heterocycles. The Kier molecular flexibility index (Phi) is 4.52. The van der Waals surface area contributed by atoms with E-state index in [1.165, 1.54) is 38.5 Å². The van der Waals surface area contributed by atoms with Gasteiger partial charge in [-0.3, -0.25) is 10.1 Å². The minimum Gasteiger partial charge on any atom is -0.313 e. The van der Waals surface area contributed by atoms with Gasteiger partial charge in [0.25, 0.3) is 0 Å². The van der Waals surface area contributed by atoms with Gasteiger partial charge in [-0.1, -0.05) is 31.4 Å². The zero-order valence-corrected chi connectivity index (χ0v) is 14.1. The molecule has 2 aromatic rings. The van der Waals surface area contributed by atoms with Crippen molar-refractivity contribution < 1.29 is 4.79 Å². The van der Waals surface area contributed by atoms with Crippen LogP contribution in [0.15, 0.2) is 24.3 Å². The summed E-state index contributed by atoms with van der Waals surface area (Å²) in [5.74, 6) is 0.799. The lowest BCUT2D eigenvalue weighted by molar-refractivity contribution is -0.116. The number of benzene rings is 1. The number of hydrogen-bond acceptors (Lipinski definition) is 3. The highest BCUT2D eigenvalue weighted by atomic mass is 16.1. The van der Waals surface area contributed by atoms with Crippen LogP contribution in [-0.2, 0) is 4.79 Å². The summed E-state index contributed by atoms with van der Waals surface area (Å²) in [5, 5.41) is 6.49. The summed E-state index contributed by atoms with van der Waals surface area (Å²) in [6.07, 6.45) is 8.98. The lowest BCUT2D eigenvalue weighted by Gasteiger charge is -2.25. The highest BCUT2D eigenvalue weighted by Gasteiger charge is 2.23. The van der Waals surface area contributed by atoms with E-state index in [0.29, 0.717) is 18.5 Å². The number of anilines is 1. The van der Waals surface area contributed by atoms with Crippen LogP contribution < -0.4 is 10.6 Å². The van der Waals surface area contributed by atoms with Crippen LogP contribution in [0.1, 0.15) is 57.4 Å². The summed E-state index contributed by atoms with van der Waals surface area (Å²) >= 11 is 0. The van der Waals surface area contributed by atoms with Crippen molar-refractivity contribution in [3.05, 3.63) is 24.3 Å². The zero-order chi connectivity index (χ0) is 16.4. The number of imidazole rings is 1. The van der Waals surface area contributed by atoms with E-state index in [-0.39, 0.29) is 5.91 Å². The molecular weight excluding hydrogens is 300 g/mol. The largest absolute Gasteiger partial charge is 0.313 e. The second-order valence-electron chi connectivity index (χ2n) is 7.13. The van der Waals surface area contributed by atoms with Gasteiger partial charge < -0.3 is 9.88 Å². The van der Waals surface area contributed by atoms with Crippen molar-refractivity contribution in [1.82, 2.24) is 14.9 Å². The monoisotopic (exact) mass is 326 g/mol. The van der Waals surface area contributed by atoms with Gasteiger partial charge in [0.1, 0.15) is 0 Å². The first-order valence-corrected chi connectivity index (χ1v) is 9.31. The van der Waals surface area contributed by atoms with E-state index < -0.39 is 0 Å². The highest BCUT2D eigenvalue weighted by molar-refractivity contribution is 5.92. The summed E-state index contributed by atoms with van der Waals surface area (Å²) in [6, 6.07) is 8.98. The number of para-hydroxylation sites is 2. The molecule has 5 nitrogen and oxygen atoms in total. The van der Waals surface area contributed by atoms with Crippen LogP contribution in [-0.4, -0.2) is 28.0 Å². The number of hydrogen-bond donors (Lipinski definition) is 2. The fraction of sp³-hybridized carbons (Fsp3) is 0.579. The third-order valence-corrected chi connectivity index (χ3v) is 5.38. The molecule has 1 amide bonds. The smallest absolute Gasteiger partial charge is 0.228 e. The van der Waals surface area contributed by atoms with Gasteiger partial charge in [0.05, 0.1) is 11.0 Å². The third-order valence-electron chi connectivity index (χ3n) is 5.38. The van der Waals surface area contributed by atoms with Crippen molar-refractivity contribution >= 4 is 22.9 Å². The number of carbonyl (C=O) groups excluding carboxylic acids is 1. The maximum atomic E-state index is 12.5. The van der Waals surface area contributed by atoms with Gasteiger partial charge in [0.15, 0.2) is 0 Å². The van der Waals surface area contributed by atoms with E-state index in [1.807, 2.05) is 12.1 Å². The van der Waals surface area contributed by atoms with E-state index in [2.05, 4.69) is 27.3 Å². The van der Waals surface area contributed by atoms with Crippen molar-refractivity contribution in [2.24, 2.45) is 0 Å². The molecular formula is C19H26N4O. The van der Waals surface area contributed by atoms with Crippen molar-refractivity contribution in [1.29, 1.82) is 0 Å². The van der Waals surface area contributed by atoms with Gasteiger partial charge in [0.2, 0.25) is 11.9 Å². The van der Waals surface area contributed by atoms with E-state index in [4.69, 9.17) is 4.98 Å². The first kappa shape index (κ1) is 15.6. The second kappa shape index (κ2) is 6.93. The second-order valence-corrected chi connectivity index (χ2v) is 7.13. The Morgan fingerprint density at radius 2 is 2.00 bits per heavy atom. The lowest BCUT2D eigenvalue weighted by Crippen LogP contribution is -2.28. The molecule has 1 atom stereocenters. The molecule has 1 aliphatic heterocycles. The molecule has 1 aromatic carbocycles. The molecule has 128 valence electrons. The minimum atomic E-state index is 0.0711. The first-order valence-electron chi connectivity index (χ1n) is 9.31. The van der Waals surface area contributed by atoms with Crippen LogP contribution in [0, 0.1) is 0 Å². The van der Waals surface area contributed by atoms with E-state index in [1.54, 1.807) is 0 Å². The van der Waals surface area contributed by atoms with E-state index >= 15 is 0 Å². The minimum absolute atomic E-state index is 0.0711. The highest BCUT2D eigenvalue weighted by Crippen LogP contribution is 2.34. The van der Waals surface area contributed by atoms with E-state index in [0.717, 1.165) is 29.9 Å². The van der Waals surface area contributed by atoms with Crippen LogP contribution in [0.25, 0.3) is 11.0 Å². The summed E-state index contributed by atoms with van der Waals surface area (Å²) in [6.45, 7) is 1.03. The number of fused-ring (bicyclic) bond motifs is 1. The van der Waals surface area contributed by atoms with Crippen LogP contribution in [0.5, 0.6) is 0 Å². The predicted molar refractivity (Wildman–Crippen MR) is 96.1 cm³/mol. The fourth-order valence-electron chi connectivity index (χ4n) is 4.17. The Labute approximate surface area is 142 Å². The first-order chi connectivity index (χ1) is 11.8. The van der Waals surface area contributed by atoms with Gasteiger partial charge in [-0.05, 0) is 44.4 Å². The van der Waals surface area contributed by atoms with Crippen molar-refractivity contribution in [3.63, 3.8) is 0 Å². The van der Waals surface area contributed by atoms with Crippen LogP contribution >= 0.6 is 0 Å². The van der Waals surface area contributed by atoms with Gasteiger partial charge in [-0.2, -0.15) is 0 Å². The summed E-state index contributed by atoms with van der Waals surface area (Å²) in [7, 11) is 0. The standard InChI is InChI=1S/C19H26N4O/c24-18(13-14-7-6-12-20-14)22-19-21-16-10-4-5-11-17(16)23(19)15-8-2-1-3-9-15/h4-5,10-11,14-15,20H,1-3,6-9,12-13H2,(H,21,22,24). The van der Waals surface area contributed by atoms with Crippen molar-refractivity contribution in [2.45, 2.75) is 63.5 Å². The number of rotatable bonds is 4. The summed E-state index contributed by atoms with van der Waals surface area (Å²) < 4.78 is 2.27. The Balaban J connectivity index is 1.59. The molecule has 0 bridgehead atoms. The average Bonchev–Trinajstić information content (AvgIpc) is 3.22. The fourth-order valence-corrected chi connectivity index (χ4v) is 4.17. The molecule has 2 fully saturated rings. The molecule has 0 spiro atoms. The molecule has 2 aliphatic rings. The van der Waals surface area contributed by atoms with Crippen LogP contribution in [0.2, 0.25) is 0 Å². The molecule has 1 saturated heterocycles. The molecule has 5 heteroatoms. The number of aromatic nitrogens is 2. The Bertz CT molecular complexity index is 711. The third kappa shape index (κ3) is 3.18. The predicted octanol–water partition coefficient (Wildman–Crippen LogP) is 3.62. The number of nitrogens with zero attached hydrogens (tertiary/aromatic N) is 2. The number of carbonyl (C=O) groups is 1. The molecule has 1 saturated carbocycles.